The van der Waals surface area contributed by atoms with Crippen molar-refractivity contribution in [2.75, 3.05) is 40.3 Å². The summed E-state index contributed by atoms with van der Waals surface area (Å²) in [5.74, 6) is 0.683. The van der Waals surface area contributed by atoms with Crippen molar-refractivity contribution in [2.45, 2.75) is 34.1 Å². The highest BCUT2D eigenvalue weighted by Gasteiger charge is 2.18. The smallest absolute Gasteiger partial charge is 0.0684 e. The molecule has 17 heavy (non-hydrogen) atoms. The molecular weight excluding hydrogens is 210 g/mol. The number of hydrogen-bond donors (Lipinski definition) is 0. The summed E-state index contributed by atoms with van der Waals surface area (Å²) in [5, 5.41) is 9.03. The quantitative estimate of drug-likeness (QED) is 0.652. The van der Waals surface area contributed by atoms with E-state index in [-0.39, 0.29) is 5.41 Å². The normalized spacial score (nSPS) is 12.5. The Morgan fingerprint density at radius 3 is 2.12 bits per heavy atom. The summed E-state index contributed by atoms with van der Waals surface area (Å²) in [7, 11) is 4.21. The predicted molar refractivity (Wildman–Crippen MR) is 73.8 cm³/mol. The third-order valence-corrected chi connectivity index (χ3v) is 2.84. The molecule has 0 spiro atoms. The van der Waals surface area contributed by atoms with E-state index in [4.69, 9.17) is 5.26 Å². The van der Waals surface area contributed by atoms with Crippen molar-refractivity contribution < 1.29 is 0 Å². The molecule has 0 unspecified atom stereocenters. The van der Waals surface area contributed by atoms with Gasteiger partial charge in [0, 0.05) is 19.6 Å². The fourth-order valence-electron chi connectivity index (χ4n) is 1.65. The van der Waals surface area contributed by atoms with Crippen LogP contribution in [0.2, 0.25) is 0 Å². The molecule has 0 aliphatic rings. The molecule has 0 amide bonds. The zero-order valence-corrected chi connectivity index (χ0v) is 12.5. The van der Waals surface area contributed by atoms with Crippen LogP contribution in [0.4, 0.5) is 0 Å². The summed E-state index contributed by atoms with van der Waals surface area (Å²) >= 11 is 0. The van der Waals surface area contributed by atoms with Crippen LogP contribution in [0.1, 0.15) is 34.1 Å². The molecule has 0 aliphatic heterocycles. The van der Waals surface area contributed by atoms with Gasteiger partial charge in [-0.3, -0.25) is 0 Å². The molecule has 0 saturated heterocycles. The van der Waals surface area contributed by atoms with E-state index in [1.165, 1.54) is 0 Å². The molecule has 0 atom stereocenters. The maximum atomic E-state index is 9.03. The van der Waals surface area contributed by atoms with Gasteiger partial charge in [0.15, 0.2) is 0 Å². The van der Waals surface area contributed by atoms with E-state index in [1.807, 2.05) is 13.8 Å². The fraction of sp³-hybridized carbons (Fsp3) is 0.929. The maximum absolute atomic E-state index is 9.03. The molecule has 3 nitrogen and oxygen atoms in total. The van der Waals surface area contributed by atoms with Crippen LogP contribution in [0.5, 0.6) is 0 Å². The van der Waals surface area contributed by atoms with Gasteiger partial charge in [-0.1, -0.05) is 13.8 Å². The van der Waals surface area contributed by atoms with Crippen molar-refractivity contribution >= 4 is 0 Å². The summed E-state index contributed by atoms with van der Waals surface area (Å²) in [6.45, 7) is 12.9. The lowest BCUT2D eigenvalue weighted by Crippen LogP contribution is -2.36. The Labute approximate surface area is 107 Å². The zero-order valence-electron chi connectivity index (χ0n) is 12.5. The van der Waals surface area contributed by atoms with E-state index in [9.17, 15) is 0 Å². The standard InChI is InChI=1S/C14H29N3/c1-13(2)11-17(10-9-16(5)6)8-7-14(3,4)12-15/h13H,7-11H2,1-6H3. The van der Waals surface area contributed by atoms with Gasteiger partial charge in [0.05, 0.1) is 11.5 Å². The lowest BCUT2D eigenvalue weighted by atomic mass is 9.91. The van der Waals surface area contributed by atoms with Gasteiger partial charge in [-0.05, 0) is 46.8 Å². The second-order valence-electron chi connectivity index (χ2n) is 6.24. The SMILES string of the molecule is CC(C)CN(CCN(C)C)CCC(C)(C)C#N. The number of likely N-dealkylation sites (N-methyl/N-ethyl adjacent to an activating group) is 1. The lowest BCUT2D eigenvalue weighted by molar-refractivity contribution is 0.200. The summed E-state index contributed by atoms with van der Waals surface area (Å²) < 4.78 is 0. The highest BCUT2D eigenvalue weighted by atomic mass is 15.2. The van der Waals surface area contributed by atoms with Crippen molar-refractivity contribution in [3.63, 3.8) is 0 Å². The van der Waals surface area contributed by atoms with Crippen molar-refractivity contribution in [2.24, 2.45) is 11.3 Å². The average molecular weight is 239 g/mol. The van der Waals surface area contributed by atoms with Gasteiger partial charge >= 0.3 is 0 Å². The molecule has 0 saturated carbocycles. The van der Waals surface area contributed by atoms with E-state index in [0.29, 0.717) is 5.92 Å². The molecule has 0 rings (SSSR count). The molecule has 0 radical (unpaired) electrons. The van der Waals surface area contributed by atoms with Crippen LogP contribution in [0.3, 0.4) is 0 Å². The summed E-state index contributed by atoms with van der Waals surface area (Å²) in [6, 6.07) is 2.38. The number of nitriles is 1. The highest BCUT2D eigenvalue weighted by Crippen LogP contribution is 2.19. The molecular formula is C14H29N3. The highest BCUT2D eigenvalue weighted by molar-refractivity contribution is 4.92. The van der Waals surface area contributed by atoms with Gasteiger partial charge in [0.2, 0.25) is 0 Å². The second-order valence-corrected chi connectivity index (χ2v) is 6.24. The Balaban J connectivity index is 4.15. The van der Waals surface area contributed by atoms with Gasteiger partial charge in [0.25, 0.3) is 0 Å². The van der Waals surface area contributed by atoms with Crippen LogP contribution in [0, 0.1) is 22.7 Å². The molecule has 0 aromatic heterocycles. The minimum atomic E-state index is -0.201. The van der Waals surface area contributed by atoms with Gasteiger partial charge < -0.3 is 9.80 Å². The molecule has 3 heteroatoms. The van der Waals surface area contributed by atoms with Crippen molar-refractivity contribution in [1.29, 1.82) is 5.26 Å². The Morgan fingerprint density at radius 1 is 1.12 bits per heavy atom. The number of nitrogens with zero attached hydrogens (tertiary/aromatic N) is 3. The molecule has 0 aromatic carbocycles. The van der Waals surface area contributed by atoms with Crippen LogP contribution < -0.4 is 0 Å². The van der Waals surface area contributed by atoms with Gasteiger partial charge in [-0.25, -0.2) is 0 Å². The lowest BCUT2D eigenvalue weighted by Gasteiger charge is -2.28. The summed E-state index contributed by atoms with van der Waals surface area (Å²) in [4.78, 5) is 4.69. The Morgan fingerprint density at radius 2 is 1.71 bits per heavy atom. The third kappa shape index (κ3) is 9.14. The first kappa shape index (κ1) is 16.4. The van der Waals surface area contributed by atoms with Crippen LogP contribution >= 0.6 is 0 Å². The maximum Gasteiger partial charge on any atom is 0.0684 e. The second kappa shape index (κ2) is 7.68. The monoisotopic (exact) mass is 239 g/mol. The Hall–Kier alpha value is -0.590. The van der Waals surface area contributed by atoms with E-state index < -0.39 is 0 Å². The molecule has 0 heterocycles. The molecule has 0 bridgehead atoms. The van der Waals surface area contributed by atoms with E-state index in [2.05, 4.69) is 43.8 Å². The molecule has 0 N–H and O–H groups in total. The van der Waals surface area contributed by atoms with Gasteiger partial charge in [-0.15, -0.1) is 0 Å². The number of rotatable bonds is 8. The first-order chi connectivity index (χ1) is 7.76. The average Bonchev–Trinajstić information content (AvgIpc) is 2.21. The van der Waals surface area contributed by atoms with E-state index >= 15 is 0 Å². The van der Waals surface area contributed by atoms with Crippen LogP contribution in [0.15, 0.2) is 0 Å². The molecule has 0 aliphatic carbocycles. The largest absolute Gasteiger partial charge is 0.308 e. The summed E-state index contributed by atoms with van der Waals surface area (Å²) in [6.07, 6.45) is 0.948. The minimum Gasteiger partial charge on any atom is -0.308 e. The molecule has 0 aromatic rings. The first-order valence-electron chi connectivity index (χ1n) is 6.55. The zero-order chi connectivity index (χ0) is 13.5. The van der Waals surface area contributed by atoms with Crippen LogP contribution in [-0.4, -0.2) is 50.1 Å². The number of hydrogen-bond acceptors (Lipinski definition) is 3. The molecule has 0 fully saturated rings. The van der Waals surface area contributed by atoms with Crippen LogP contribution in [-0.2, 0) is 0 Å². The molecule has 100 valence electrons. The first-order valence-corrected chi connectivity index (χ1v) is 6.55. The summed E-state index contributed by atoms with van der Waals surface area (Å²) in [5.41, 5.74) is -0.201. The van der Waals surface area contributed by atoms with Crippen molar-refractivity contribution in [3.05, 3.63) is 0 Å². The van der Waals surface area contributed by atoms with E-state index in [0.717, 1.165) is 32.6 Å². The Bertz CT molecular complexity index is 238. The fourth-order valence-corrected chi connectivity index (χ4v) is 1.65. The van der Waals surface area contributed by atoms with Gasteiger partial charge in [0.1, 0.15) is 0 Å². The van der Waals surface area contributed by atoms with Crippen molar-refractivity contribution in [3.8, 4) is 6.07 Å². The van der Waals surface area contributed by atoms with Crippen LogP contribution in [0.25, 0.3) is 0 Å². The third-order valence-electron chi connectivity index (χ3n) is 2.84. The predicted octanol–water partition coefficient (Wildman–Crippen LogP) is 2.45. The topological polar surface area (TPSA) is 30.3 Å². The van der Waals surface area contributed by atoms with Crippen molar-refractivity contribution in [1.82, 2.24) is 9.80 Å². The van der Waals surface area contributed by atoms with Gasteiger partial charge in [-0.2, -0.15) is 5.26 Å². The Kier molecular flexibility index (Phi) is 7.41. The van der Waals surface area contributed by atoms with E-state index in [1.54, 1.807) is 0 Å². The minimum absolute atomic E-state index is 0.201.